The van der Waals surface area contributed by atoms with Gasteiger partial charge in [0.05, 0.1) is 12.3 Å². The highest BCUT2D eigenvalue weighted by molar-refractivity contribution is 7.89. The Bertz CT molecular complexity index is 730. The summed E-state index contributed by atoms with van der Waals surface area (Å²) in [6.45, 7) is 6.76. The molecule has 0 radical (unpaired) electrons. The topological polar surface area (TPSA) is 103 Å². The summed E-state index contributed by atoms with van der Waals surface area (Å²) in [4.78, 5) is 17.5. The molecule has 0 aromatic carbocycles. The number of aliphatic imine (C=N–C) groups is 1. The van der Waals surface area contributed by atoms with Gasteiger partial charge in [-0.15, -0.1) is 0 Å². The molecule has 0 unspecified atom stereocenters. The van der Waals surface area contributed by atoms with Crippen molar-refractivity contribution in [2.45, 2.75) is 26.2 Å². The van der Waals surface area contributed by atoms with E-state index in [0.29, 0.717) is 12.5 Å². The molecule has 2 aliphatic rings. The van der Waals surface area contributed by atoms with Crippen molar-refractivity contribution >= 4 is 21.9 Å². The number of anilines is 1. The average molecular weight is 410 g/mol. The van der Waals surface area contributed by atoms with Crippen molar-refractivity contribution in [1.82, 2.24) is 24.9 Å². The number of rotatable bonds is 8. The SMILES string of the molecule is CCNC(=NCCS(=O)(=O)NCC1CCC1)N1CCN(c2ncccn2)CC1. The molecule has 2 N–H and O–H groups in total. The van der Waals surface area contributed by atoms with Gasteiger partial charge in [0, 0.05) is 51.7 Å². The van der Waals surface area contributed by atoms with E-state index in [1.165, 1.54) is 6.42 Å². The number of hydrogen-bond donors (Lipinski definition) is 2. The zero-order chi connectivity index (χ0) is 19.8. The maximum atomic E-state index is 12.2. The summed E-state index contributed by atoms with van der Waals surface area (Å²) in [5, 5.41) is 3.27. The Balaban J connectivity index is 1.48. The van der Waals surface area contributed by atoms with E-state index < -0.39 is 10.0 Å². The van der Waals surface area contributed by atoms with Gasteiger partial charge in [-0.05, 0) is 31.7 Å². The summed E-state index contributed by atoms with van der Waals surface area (Å²) in [6, 6.07) is 1.81. The summed E-state index contributed by atoms with van der Waals surface area (Å²) in [5.74, 6) is 2.05. The van der Waals surface area contributed by atoms with Gasteiger partial charge in [-0.3, -0.25) is 4.99 Å². The van der Waals surface area contributed by atoms with Crippen LogP contribution in [0.1, 0.15) is 26.2 Å². The van der Waals surface area contributed by atoms with Crippen LogP contribution < -0.4 is 14.9 Å². The molecule has 0 spiro atoms. The lowest BCUT2D eigenvalue weighted by atomic mass is 9.86. The van der Waals surface area contributed by atoms with Crippen LogP contribution in [-0.4, -0.2) is 80.8 Å². The van der Waals surface area contributed by atoms with Gasteiger partial charge in [0.2, 0.25) is 16.0 Å². The lowest BCUT2D eigenvalue weighted by Gasteiger charge is -2.36. The van der Waals surface area contributed by atoms with Gasteiger partial charge in [0.15, 0.2) is 5.96 Å². The highest BCUT2D eigenvalue weighted by Crippen LogP contribution is 2.25. The van der Waals surface area contributed by atoms with Crippen molar-refractivity contribution in [2.24, 2.45) is 10.9 Å². The number of nitrogens with one attached hydrogen (secondary N) is 2. The standard InChI is InChI=1S/C18H31N7O2S/c1-2-19-17(22-9-14-28(26,27)23-15-16-5-3-6-16)24-10-12-25(13-11-24)18-20-7-4-8-21-18/h4,7-8,16,23H,2-3,5-6,9-15H2,1H3,(H,19,22). The van der Waals surface area contributed by atoms with Gasteiger partial charge in [-0.2, -0.15) is 0 Å². The molecule has 9 nitrogen and oxygen atoms in total. The Morgan fingerprint density at radius 3 is 2.54 bits per heavy atom. The molecule has 0 amide bonds. The van der Waals surface area contributed by atoms with Gasteiger partial charge in [0.25, 0.3) is 0 Å². The molecule has 1 saturated heterocycles. The molecule has 3 rings (SSSR count). The van der Waals surface area contributed by atoms with Crippen LogP contribution in [0.5, 0.6) is 0 Å². The molecule has 2 fully saturated rings. The first-order chi connectivity index (χ1) is 13.6. The smallest absolute Gasteiger partial charge is 0.225 e. The second-order valence-electron chi connectivity index (χ2n) is 7.22. The van der Waals surface area contributed by atoms with E-state index in [2.05, 4.69) is 34.8 Å². The number of piperazine rings is 1. The minimum atomic E-state index is -3.27. The quantitative estimate of drug-likeness (QED) is 0.470. The van der Waals surface area contributed by atoms with Gasteiger partial charge < -0.3 is 15.1 Å². The van der Waals surface area contributed by atoms with Crippen molar-refractivity contribution < 1.29 is 8.42 Å². The first-order valence-corrected chi connectivity index (χ1v) is 11.7. The van der Waals surface area contributed by atoms with Crippen LogP contribution in [0.3, 0.4) is 0 Å². The van der Waals surface area contributed by atoms with Crippen LogP contribution in [0.15, 0.2) is 23.5 Å². The monoisotopic (exact) mass is 409 g/mol. The van der Waals surface area contributed by atoms with Gasteiger partial charge in [-0.1, -0.05) is 6.42 Å². The van der Waals surface area contributed by atoms with Crippen molar-refractivity contribution in [3.8, 4) is 0 Å². The van der Waals surface area contributed by atoms with E-state index in [0.717, 1.165) is 57.5 Å². The summed E-state index contributed by atoms with van der Waals surface area (Å²) < 4.78 is 27.0. The molecule has 2 heterocycles. The Labute approximate surface area is 167 Å². The molecule has 1 aromatic heterocycles. The predicted octanol–water partition coefficient (Wildman–Crippen LogP) is 0.284. The summed E-state index contributed by atoms with van der Waals surface area (Å²) >= 11 is 0. The van der Waals surface area contributed by atoms with Crippen LogP contribution in [0.25, 0.3) is 0 Å². The lowest BCUT2D eigenvalue weighted by Crippen LogP contribution is -2.53. The van der Waals surface area contributed by atoms with E-state index >= 15 is 0 Å². The predicted molar refractivity (Wildman–Crippen MR) is 111 cm³/mol. The fourth-order valence-corrected chi connectivity index (χ4v) is 4.25. The first-order valence-electron chi connectivity index (χ1n) is 10.1. The van der Waals surface area contributed by atoms with E-state index in [9.17, 15) is 8.42 Å². The fraction of sp³-hybridized carbons (Fsp3) is 0.722. The van der Waals surface area contributed by atoms with Crippen molar-refractivity contribution in [3.05, 3.63) is 18.5 Å². The van der Waals surface area contributed by atoms with Crippen LogP contribution in [0.2, 0.25) is 0 Å². The largest absolute Gasteiger partial charge is 0.357 e. The first kappa shape index (κ1) is 20.8. The second-order valence-corrected chi connectivity index (χ2v) is 9.15. The van der Waals surface area contributed by atoms with Crippen molar-refractivity contribution in [1.29, 1.82) is 0 Å². The van der Waals surface area contributed by atoms with Crippen LogP contribution in [0.4, 0.5) is 5.95 Å². The molecular weight excluding hydrogens is 378 g/mol. The normalized spacial score (nSPS) is 18.8. The Morgan fingerprint density at radius 2 is 1.93 bits per heavy atom. The molecule has 0 bridgehead atoms. The number of aromatic nitrogens is 2. The molecule has 0 atom stereocenters. The van der Waals surface area contributed by atoms with E-state index in [-0.39, 0.29) is 12.3 Å². The zero-order valence-electron chi connectivity index (χ0n) is 16.5. The number of guanidine groups is 1. The second kappa shape index (κ2) is 10.0. The van der Waals surface area contributed by atoms with Gasteiger partial charge in [0.1, 0.15) is 0 Å². The number of nitrogens with zero attached hydrogens (tertiary/aromatic N) is 5. The average Bonchev–Trinajstić information content (AvgIpc) is 2.67. The third-order valence-corrected chi connectivity index (χ3v) is 6.51. The third kappa shape index (κ3) is 6.03. The fourth-order valence-electron chi connectivity index (χ4n) is 3.28. The molecule has 1 aromatic rings. The van der Waals surface area contributed by atoms with E-state index in [1.807, 2.05) is 13.0 Å². The Hall–Kier alpha value is -1.94. The molecule has 28 heavy (non-hydrogen) atoms. The molecule has 156 valence electrons. The van der Waals surface area contributed by atoms with Gasteiger partial charge >= 0.3 is 0 Å². The van der Waals surface area contributed by atoms with Crippen LogP contribution in [-0.2, 0) is 10.0 Å². The molecule has 1 aliphatic heterocycles. The lowest BCUT2D eigenvalue weighted by molar-refractivity contribution is 0.316. The van der Waals surface area contributed by atoms with Crippen molar-refractivity contribution in [2.75, 3.05) is 56.5 Å². The number of sulfonamides is 1. The highest BCUT2D eigenvalue weighted by atomic mass is 32.2. The summed E-state index contributed by atoms with van der Waals surface area (Å²) in [5.41, 5.74) is 0. The maximum Gasteiger partial charge on any atom is 0.225 e. The maximum absolute atomic E-state index is 12.2. The van der Waals surface area contributed by atoms with E-state index in [1.54, 1.807) is 12.4 Å². The Kier molecular flexibility index (Phi) is 7.43. The van der Waals surface area contributed by atoms with Crippen LogP contribution in [0, 0.1) is 5.92 Å². The molecule has 1 aliphatic carbocycles. The minimum absolute atomic E-state index is 0.0203. The van der Waals surface area contributed by atoms with Crippen LogP contribution >= 0.6 is 0 Å². The minimum Gasteiger partial charge on any atom is -0.357 e. The summed E-state index contributed by atoms with van der Waals surface area (Å²) in [6.07, 6.45) is 6.97. The molecule has 10 heteroatoms. The Morgan fingerprint density at radius 1 is 1.21 bits per heavy atom. The highest BCUT2D eigenvalue weighted by Gasteiger charge is 2.22. The molecular formula is C18H31N7O2S. The third-order valence-electron chi connectivity index (χ3n) is 5.19. The van der Waals surface area contributed by atoms with E-state index in [4.69, 9.17) is 0 Å². The zero-order valence-corrected chi connectivity index (χ0v) is 17.4. The summed E-state index contributed by atoms with van der Waals surface area (Å²) in [7, 11) is -3.27. The molecule has 1 saturated carbocycles. The number of hydrogen-bond acceptors (Lipinski definition) is 6. The van der Waals surface area contributed by atoms with Crippen molar-refractivity contribution in [3.63, 3.8) is 0 Å². The van der Waals surface area contributed by atoms with Gasteiger partial charge in [-0.25, -0.2) is 23.1 Å².